The third-order valence-corrected chi connectivity index (χ3v) is 1.92. The van der Waals surface area contributed by atoms with Crippen LogP contribution in [0.2, 0.25) is 0 Å². The summed E-state index contributed by atoms with van der Waals surface area (Å²) < 4.78 is 10.9. The Bertz CT molecular complexity index is 279. The van der Waals surface area contributed by atoms with Gasteiger partial charge in [-0.2, -0.15) is 0 Å². The van der Waals surface area contributed by atoms with Crippen LogP contribution in [0.3, 0.4) is 0 Å². The Morgan fingerprint density at radius 1 is 1.07 bits per heavy atom. The van der Waals surface area contributed by atoms with Crippen molar-refractivity contribution in [2.24, 2.45) is 0 Å². The summed E-state index contributed by atoms with van der Waals surface area (Å²) in [6.07, 6.45) is 0. The molecule has 0 atom stereocenters. The van der Waals surface area contributed by atoms with Crippen molar-refractivity contribution in [3.63, 3.8) is 0 Å². The Balaban J connectivity index is 3.12. The van der Waals surface area contributed by atoms with Crippen molar-refractivity contribution >= 4 is 5.69 Å². The second-order valence-electron chi connectivity index (χ2n) is 3.00. The molecule has 0 aliphatic carbocycles. The molecule has 0 saturated heterocycles. The maximum atomic E-state index is 5.80. The summed E-state index contributed by atoms with van der Waals surface area (Å²) in [6, 6.07) is 3.77. The van der Waals surface area contributed by atoms with Crippen molar-refractivity contribution in [3.05, 3.63) is 17.7 Å². The summed E-state index contributed by atoms with van der Waals surface area (Å²) in [6.45, 7) is 7.06. The molecular formula is C11H17NO2. The van der Waals surface area contributed by atoms with Gasteiger partial charge >= 0.3 is 0 Å². The maximum absolute atomic E-state index is 5.80. The molecule has 0 amide bonds. The van der Waals surface area contributed by atoms with E-state index in [1.807, 2.05) is 32.9 Å². The zero-order chi connectivity index (χ0) is 10.6. The van der Waals surface area contributed by atoms with Gasteiger partial charge in [0.15, 0.2) is 11.5 Å². The van der Waals surface area contributed by atoms with Crippen LogP contribution >= 0.6 is 0 Å². The lowest BCUT2D eigenvalue weighted by molar-refractivity contribution is 0.287. The monoisotopic (exact) mass is 195 g/mol. The number of aryl methyl sites for hydroxylation is 1. The number of anilines is 1. The summed E-state index contributed by atoms with van der Waals surface area (Å²) >= 11 is 0. The highest BCUT2D eigenvalue weighted by Crippen LogP contribution is 2.36. The van der Waals surface area contributed by atoms with Crippen molar-refractivity contribution < 1.29 is 9.47 Å². The lowest BCUT2D eigenvalue weighted by Gasteiger charge is -2.14. The summed E-state index contributed by atoms with van der Waals surface area (Å²) in [7, 11) is 0. The van der Waals surface area contributed by atoms with Crippen LogP contribution in [0.25, 0.3) is 0 Å². The molecule has 0 unspecified atom stereocenters. The molecule has 1 aromatic rings. The first-order valence-electron chi connectivity index (χ1n) is 4.85. The van der Waals surface area contributed by atoms with Crippen molar-refractivity contribution in [3.8, 4) is 11.5 Å². The van der Waals surface area contributed by atoms with Crippen LogP contribution in [0.5, 0.6) is 11.5 Å². The van der Waals surface area contributed by atoms with Crippen LogP contribution in [0.4, 0.5) is 5.69 Å². The molecule has 3 nitrogen and oxygen atoms in total. The van der Waals surface area contributed by atoms with Gasteiger partial charge in [0, 0.05) is 0 Å². The van der Waals surface area contributed by atoms with Gasteiger partial charge in [0.1, 0.15) is 0 Å². The van der Waals surface area contributed by atoms with Gasteiger partial charge in [-0.25, -0.2) is 0 Å². The van der Waals surface area contributed by atoms with Gasteiger partial charge in [0.05, 0.1) is 18.9 Å². The molecule has 0 bridgehead atoms. The second kappa shape index (κ2) is 4.74. The number of hydrogen-bond acceptors (Lipinski definition) is 3. The minimum atomic E-state index is 0.591. The molecule has 0 saturated carbocycles. The number of hydrogen-bond donors (Lipinski definition) is 1. The number of benzene rings is 1. The predicted molar refractivity (Wildman–Crippen MR) is 57.9 cm³/mol. The maximum Gasteiger partial charge on any atom is 0.184 e. The Morgan fingerprint density at radius 3 is 2.21 bits per heavy atom. The summed E-state index contributed by atoms with van der Waals surface area (Å²) in [5.74, 6) is 1.42. The third-order valence-electron chi connectivity index (χ3n) is 1.92. The van der Waals surface area contributed by atoms with Crippen LogP contribution in [-0.2, 0) is 0 Å². The quantitative estimate of drug-likeness (QED) is 0.750. The van der Waals surface area contributed by atoms with Gasteiger partial charge < -0.3 is 15.2 Å². The summed E-state index contributed by atoms with van der Waals surface area (Å²) in [5.41, 5.74) is 7.47. The summed E-state index contributed by atoms with van der Waals surface area (Å²) in [5, 5.41) is 0. The topological polar surface area (TPSA) is 44.5 Å². The van der Waals surface area contributed by atoms with Gasteiger partial charge in [0.2, 0.25) is 0 Å². The third kappa shape index (κ3) is 2.10. The zero-order valence-corrected chi connectivity index (χ0v) is 8.96. The van der Waals surface area contributed by atoms with Crippen LogP contribution in [-0.4, -0.2) is 13.2 Å². The Labute approximate surface area is 84.8 Å². The molecule has 14 heavy (non-hydrogen) atoms. The largest absolute Gasteiger partial charge is 0.490 e. The van der Waals surface area contributed by atoms with Gasteiger partial charge in [0.25, 0.3) is 0 Å². The Kier molecular flexibility index (Phi) is 3.63. The average Bonchev–Trinajstić information content (AvgIpc) is 2.17. The molecule has 2 N–H and O–H groups in total. The molecule has 0 spiro atoms. The van der Waals surface area contributed by atoms with E-state index in [1.54, 1.807) is 0 Å². The average molecular weight is 195 g/mol. The smallest absolute Gasteiger partial charge is 0.184 e. The van der Waals surface area contributed by atoms with Crippen molar-refractivity contribution in [2.75, 3.05) is 18.9 Å². The van der Waals surface area contributed by atoms with Crippen molar-refractivity contribution in [1.29, 1.82) is 0 Å². The number of ether oxygens (including phenoxy) is 2. The number of rotatable bonds is 4. The second-order valence-corrected chi connectivity index (χ2v) is 3.00. The molecule has 0 fully saturated rings. The normalized spacial score (nSPS) is 9.93. The van der Waals surface area contributed by atoms with Gasteiger partial charge in [-0.05, 0) is 32.4 Å². The first-order chi connectivity index (χ1) is 6.70. The molecule has 0 aromatic heterocycles. The van der Waals surface area contributed by atoms with Crippen molar-refractivity contribution in [2.45, 2.75) is 20.8 Å². The fourth-order valence-electron chi connectivity index (χ4n) is 1.29. The molecular weight excluding hydrogens is 178 g/mol. The highest BCUT2D eigenvalue weighted by atomic mass is 16.5. The minimum absolute atomic E-state index is 0.591. The van der Waals surface area contributed by atoms with E-state index < -0.39 is 0 Å². The molecule has 1 aromatic carbocycles. The van der Waals surface area contributed by atoms with Crippen molar-refractivity contribution in [1.82, 2.24) is 0 Å². The van der Waals surface area contributed by atoms with E-state index in [-0.39, 0.29) is 0 Å². The van der Waals surface area contributed by atoms with E-state index >= 15 is 0 Å². The van der Waals surface area contributed by atoms with Gasteiger partial charge in [-0.1, -0.05) is 6.07 Å². The highest BCUT2D eigenvalue weighted by Gasteiger charge is 2.11. The van der Waals surface area contributed by atoms with Gasteiger partial charge in [-0.3, -0.25) is 0 Å². The van der Waals surface area contributed by atoms with E-state index in [0.717, 1.165) is 11.3 Å². The molecule has 0 aliphatic heterocycles. The molecule has 3 heteroatoms. The fraction of sp³-hybridized carbons (Fsp3) is 0.455. The van der Waals surface area contributed by atoms with E-state index in [4.69, 9.17) is 15.2 Å². The molecule has 0 heterocycles. The lowest BCUT2D eigenvalue weighted by atomic mass is 10.2. The SMILES string of the molecule is CCOc1c(C)ccc(N)c1OCC. The van der Waals surface area contributed by atoms with Crippen LogP contribution < -0.4 is 15.2 Å². The lowest BCUT2D eigenvalue weighted by Crippen LogP contribution is -2.03. The van der Waals surface area contributed by atoms with E-state index in [2.05, 4.69) is 0 Å². The Morgan fingerprint density at radius 2 is 1.64 bits per heavy atom. The first-order valence-corrected chi connectivity index (χ1v) is 4.85. The predicted octanol–water partition coefficient (Wildman–Crippen LogP) is 2.37. The molecule has 78 valence electrons. The van der Waals surface area contributed by atoms with E-state index in [0.29, 0.717) is 24.7 Å². The van der Waals surface area contributed by atoms with Crippen LogP contribution in [0.15, 0.2) is 12.1 Å². The van der Waals surface area contributed by atoms with Crippen LogP contribution in [0.1, 0.15) is 19.4 Å². The first kappa shape index (κ1) is 10.7. The highest BCUT2D eigenvalue weighted by molar-refractivity contribution is 5.63. The summed E-state index contributed by atoms with van der Waals surface area (Å²) in [4.78, 5) is 0. The van der Waals surface area contributed by atoms with Crippen LogP contribution in [0, 0.1) is 6.92 Å². The Hall–Kier alpha value is -1.38. The standard InChI is InChI=1S/C11H17NO2/c1-4-13-10-8(3)6-7-9(12)11(10)14-5-2/h6-7H,4-5,12H2,1-3H3. The number of nitrogens with two attached hydrogens (primary N) is 1. The van der Waals surface area contributed by atoms with E-state index in [9.17, 15) is 0 Å². The minimum Gasteiger partial charge on any atom is -0.490 e. The van der Waals surface area contributed by atoms with Gasteiger partial charge in [-0.15, -0.1) is 0 Å². The van der Waals surface area contributed by atoms with E-state index in [1.165, 1.54) is 0 Å². The molecule has 0 radical (unpaired) electrons. The number of nitrogen functional groups attached to an aromatic ring is 1. The molecule has 1 rings (SSSR count). The molecule has 0 aliphatic rings. The zero-order valence-electron chi connectivity index (χ0n) is 8.96. The fourth-order valence-corrected chi connectivity index (χ4v) is 1.29.